The third kappa shape index (κ3) is 12.5. The van der Waals surface area contributed by atoms with Gasteiger partial charge in [0.05, 0.1) is 0 Å². The van der Waals surface area contributed by atoms with Crippen molar-refractivity contribution in [1.82, 2.24) is 0 Å². The highest BCUT2D eigenvalue weighted by molar-refractivity contribution is 4.68. The molecule has 0 rings (SSSR count). The molecule has 0 aromatic rings. The van der Waals surface area contributed by atoms with Gasteiger partial charge in [-0.1, -0.05) is 92.4 Å². The maximum atomic E-state index is 2.47. The summed E-state index contributed by atoms with van der Waals surface area (Å²) >= 11 is 0. The lowest BCUT2D eigenvalue weighted by Crippen LogP contribution is -2.11. The highest BCUT2D eigenvalue weighted by Gasteiger charge is 2.16. The summed E-state index contributed by atoms with van der Waals surface area (Å²) in [6, 6.07) is 0. The molecule has 0 atom stereocenters. The lowest BCUT2D eigenvalue weighted by Gasteiger charge is -2.24. The van der Waals surface area contributed by atoms with E-state index in [1.54, 1.807) is 0 Å². The van der Waals surface area contributed by atoms with Crippen LogP contribution in [0.25, 0.3) is 0 Å². The molecule has 0 radical (unpaired) electrons. The van der Waals surface area contributed by atoms with E-state index in [9.17, 15) is 0 Å². The second-order valence-electron chi connectivity index (χ2n) is 7.32. The molecule has 0 N–H and O–H groups in total. The predicted octanol–water partition coefficient (Wildman–Crippen LogP) is 6.98. The molecular formula is C18H38. The van der Waals surface area contributed by atoms with Crippen molar-refractivity contribution in [2.45, 2.75) is 105 Å². The molecule has 0 amide bonds. The van der Waals surface area contributed by atoms with Crippen LogP contribution in [0, 0.1) is 11.3 Å². The lowest BCUT2D eigenvalue weighted by molar-refractivity contribution is 0.281. The largest absolute Gasteiger partial charge is 0.0654 e. The average Bonchev–Trinajstić information content (AvgIpc) is 2.27. The van der Waals surface area contributed by atoms with E-state index < -0.39 is 0 Å². The Labute approximate surface area is 117 Å². The molecule has 110 valence electrons. The zero-order valence-electron chi connectivity index (χ0n) is 13.9. The summed E-state index contributed by atoms with van der Waals surface area (Å²) in [5.41, 5.74) is 0.587. The van der Waals surface area contributed by atoms with E-state index in [-0.39, 0.29) is 0 Å². The molecule has 0 spiro atoms. The van der Waals surface area contributed by atoms with Gasteiger partial charge in [-0.2, -0.15) is 0 Å². The summed E-state index contributed by atoms with van der Waals surface area (Å²) in [6.45, 7) is 11.9. The van der Waals surface area contributed by atoms with E-state index in [0.29, 0.717) is 5.41 Å². The van der Waals surface area contributed by atoms with Gasteiger partial charge in [0.2, 0.25) is 0 Å². The molecule has 0 aromatic carbocycles. The van der Waals surface area contributed by atoms with Crippen molar-refractivity contribution in [3.05, 3.63) is 0 Å². The first-order valence-corrected chi connectivity index (χ1v) is 8.48. The second kappa shape index (κ2) is 10.9. The van der Waals surface area contributed by atoms with E-state index in [1.807, 2.05) is 0 Å². The van der Waals surface area contributed by atoms with Crippen LogP contribution in [0.1, 0.15) is 105 Å². The van der Waals surface area contributed by atoms with Gasteiger partial charge in [-0.3, -0.25) is 0 Å². The summed E-state index contributed by atoms with van der Waals surface area (Å²) in [7, 11) is 0. The van der Waals surface area contributed by atoms with Crippen LogP contribution in [-0.2, 0) is 0 Å². The monoisotopic (exact) mass is 254 g/mol. The third-order valence-corrected chi connectivity index (χ3v) is 4.09. The van der Waals surface area contributed by atoms with Crippen LogP contribution in [-0.4, -0.2) is 0 Å². The summed E-state index contributed by atoms with van der Waals surface area (Å²) in [5, 5.41) is 0. The first-order valence-electron chi connectivity index (χ1n) is 8.48. The number of hydrogen-bond acceptors (Lipinski definition) is 0. The highest BCUT2D eigenvalue weighted by atomic mass is 14.2. The summed E-state index contributed by atoms with van der Waals surface area (Å²) in [6.07, 6.45) is 15.7. The highest BCUT2D eigenvalue weighted by Crippen LogP contribution is 2.30. The Balaban J connectivity index is 3.42. The van der Waals surface area contributed by atoms with Gasteiger partial charge in [-0.25, -0.2) is 0 Å². The fraction of sp³-hybridized carbons (Fsp3) is 1.00. The van der Waals surface area contributed by atoms with Crippen molar-refractivity contribution in [2.75, 3.05) is 0 Å². The summed E-state index contributed by atoms with van der Waals surface area (Å²) in [4.78, 5) is 0. The molecule has 0 aliphatic heterocycles. The summed E-state index contributed by atoms with van der Waals surface area (Å²) < 4.78 is 0. The van der Waals surface area contributed by atoms with Gasteiger partial charge >= 0.3 is 0 Å². The Morgan fingerprint density at radius 2 is 1.22 bits per heavy atom. The quantitative estimate of drug-likeness (QED) is 0.329. The molecule has 0 heterocycles. The number of hydrogen-bond donors (Lipinski definition) is 0. The van der Waals surface area contributed by atoms with Crippen molar-refractivity contribution in [1.29, 1.82) is 0 Å². The molecule has 0 aromatic heterocycles. The van der Waals surface area contributed by atoms with Gasteiger partial charge in [-0.05, 0) is 24.2 Å². The van der Waals surface area contributed by atoms with E-state index in [1.165, 1.54) is 70.6 Å². The lowest BCUT2D eigenvalue weighted by atomic mass is 9.81. The fourth-order valence-electron chi connectivity index (χ4n) is 2.67. The van der Waals surface area contributed by atoms with Crippen LogP contribution in [0.3, 0.4) is 0 Å². The van der Waals surface area contributed by atoms with Gasteiger partial charge < -0.3 is 0 Å². The van der Waals surface area contributed by atoms with Crippen LogP contribution in [0.15, 0.2) is 0 Å². The van der Waals surface area contributed by atoms with Crippen molar-refractivity contribution in [3.63, 3.8) is 0 Å². The van der Waals surface area contributed by atoms with E-state index in [0.717, 1.165) is 5.92 Å². The molecule has 0 nitrogen and oxygen atoms in total. The normalized spacial score (nSPS) is 12.3. The molecule has 0 saturated heterocycles. The minimum Gasteiger partial charge on any atom is -0.0654 e. The first kappa shape index (κ1) is 18.0. The molecule has 0 bridgehead atoms. The molecule has 0 saturated carbocycles. The van der Waals surface area contributed by atoms with Crippen molar-refractivity contribution >= 4 is 0 Å². The smallest absolute Gasteiger partial charge is 0.0354 e. The van der Waals surface area contributed by atoms with E-state index >= 15 is 0 Å². The van der Waals surface area contributed by atoms with E-state index in [2.05, 4.69) is 34.6 Å². The Kier molecular flexibility index (Phi) is 10.9. The van der Waals surface area contributed by atoms with Crippen molar-refractivity contribution in [2.24, 2.45) is 11.3 Å². The van der Waals surface area contributed by atoms with Crippen molar-refractivity contribution < 1.29 is 0 Å². The predicted molar refractivity (Wildman–Crippen MR) is 85.1 cm³/mol. The molecule has 0 aliphatic carbocycles. The molecule has 18 heavy (non-hydrogen) atoms. The van der Waals surface area contributed by atoms with Gasteiger partial charge in [0.1, 0.15) is 0 Å². The second-order valence-corrected chi connectivity index (χ2v) is 7.32. The molecular weight excluding hydrogens is 216 g/mol. The Morgan fingerprint density at radius 1 is 0.722 bits per heavy atom. The minimum atomic E-state index is 0.587. The third-order valence-electron chi connectivity index (χ3n) is 4.09. The van der Waals surface area contributed by atoms with Crippen LogP contribution in [0.5, 0.6) is 0 Å². The Bertz CT molecular complexity index is 167. The van der Waals surface area contributed by atoms with Gasteiger partial charge in [0.15, 0.2) is 0 Å². The fourth-order valence-corrected chi connectivity index (χ4v) is 2.67. The van der Waals surface area contributed by atoms with Crippen LogP contribution >= 0.6 is 0 Å². The summed E-state index contributed by atoms with van der Waals surface area (Å²) in [5.74, 6) is 0.886. The minimum absolute atomic E-state index is 0.587. The Hall–Kier alpha value is 0. The maximum Gasteiger partial charge on any atom is -0.0354 e. The van der Waals surface area contributed by atoms with Gasteiger partial charge in [-0.15, -0.1) is 0 Å². The molecule has 0 heteroatoms. The maximum absolute atomic E-state index is 2.47. The zero-order chi connectivity index (χ0) is 13.9. The van der Waals surface area contributed by atoms with Crippen LogP contribution in [0.2, 0.25) is 0 Å². The first-order chi connectivity index (χ1) is 8.48. The zero-order valence-corrected chi connectivity index (χ0v) is 13.9. The SMILES string of the molecule is CCCCCCCC(C)(C)CCCCCC(C)C. The molecule has 0 fully saturated rings. The molecule has 0 unspecified atom stereocenters. The molecule has 0 aliphatic rings. The van der Waals surface area contributed by atoms with E-state index in [4.69, 9.17) is 0 Å². The Morgan fingerprint density at radius 3 is 1.72 bits per heavy atom. The van der Waals surface area contributed by atoms with Crippen LogP contribution in [0.4, 0.5) is 0 Å². The van der Waals surface area contributed by atoms with Crippen molar-refractivity contribution in [3.8, 4) is 0 Å². The van der Waals surface area contributed by atoms with Gasteiger partial charge in [0.25, 0.3) is 0 Å². The van der Waals surface area contributed by atoms with Crippen LogP contribution < -0.4 is 0 Å². The van der Waals surface area contributed by atoms with Gasteiger partial charge in [0, 0.05) is 0 Å². The topological polar surface area (TPSA) is 0 Å². The number of rotatable bonds is 12. The average molecular weight is 255 g/mol. The standard InChI is InChI=1S/C18H38/c1-6-7-8-9-12-15-18(4,5)16-13-10-11-14-17(2)3/h17H,6-16H2,1-5H3. The number of unbranched alkanes of at least 4 members (excludes halogenated alkanes) is 6.